The second-order valence-corrected chi connectivity index (χ2v) is 10.7. The van der Waals surface area contributed by atoms with Crippen molar-refractivity contribution in [1.82, 2.24) is 42.1 Å². The minimum Gasteiger partial charge on any atom is -0.480 e. The Labute approximate surface area is 280 Å². The molecule has 22 heteroatoms. The molecule has 0 radical (unpaired) electrons. The zero-order chi connectivity index (χ0) is 36.9. The number of aliphatic carboxylic acids is 1. The number of nitrogens with one attached hydrogen (secondary N) is 7. The van der Waals surface area contributed by atoms with Crippen LogP contribution in [0.15, 0.2) is 0 Å². The Kier molecular flexibility index (Phi) is 19.4. The quantitative estimate of drug-likeness (QED) is 0.0466. The SMILES string of the molecule is NCCCC[C@H](NC(=O)[C@@H]1CCCN1C(=O)CN)C(=O)NCC(=O)NCC(=O)N[C@@H](CO)C(=O)NCC(=O)N[C@@H](CO)C(=O)NCC(=O)O. The van der Waals surface area contributed by atoms with Gasteiger partial charge < -0.3 is 68.9 Å². The van der Waals surface area contributed by atoms with Gasteiger partial charge in [0.1, 0.15) is 30.7 Å². The van der Waals surface area contributed by atoms with Gasteiger partial charge in [-0.2, -0.15) is 0 Å². The van der Waals surface area contributed by atoms with Crippen molar-refractivity contribution < 1.29 is 58.5 Å². The first-order valence-electron chi connectivity index (χ1n) is 15.4. The molecule has 1 fully saturated rings. The molecule has 0 saturated carbocycles. The molecule has 1 rings (SSSR count). The number of carboxylic acid groups (broad SMARTS) is 1. The summed E-state index contributed by atoms with van der Waals surface area (Å²) in [6.45, 7) is -4.10. The molecule has 1 aliphatic heterocycles. The third-order valence-corrected chi connectivity index (χ3v) is 7.01. The van der Waals surface area contributed by atoms with Gasteiger partial charge in [0.15, 0.2) is 0 Å². The van der Waals surface area contributed by atoms with Gasteiger partial charge in [-0.1, -0.05) is 0 Å². The summed E-state index contributed by atoms with van der Waals surface area (Å²) >= 11 is 0. The highest BCUT2D eigenvalue weighted by molar-refractivity contribution is 5.95. The first kappa shape index (κ1) is 42.1. The number of hydrogen-bond donors (Lipinski definition) is 12. The van der Waals surface area contributed by atoms with Crippen molar-refractivity contribution in [3.05, 3.63) is 0 Å². The van der Waals surface area contributed by atoms with E-state index in [1.807, 2.05) is 5.32 Å². The Morgan fingerprint density at radius 3 is 1.69 bits per heavy atom. The van der Waals surface area contributed by atoms with Gasteiger partial charge in [0, 0.05) is 6.54 Å². The molecule has 8 amide bonds. The normalized spacial score (nSPS) is 15.5. The van der Waals surface area contributed by atoms with Gasteiger partial charge in [-0.15, -0.1) is 0 Å². The highest BCUT2D eigenvalue weighted by atomic mass is 16.4. The van der Waals surface area contributed by atoms with E-state index < -0.39 is 117 Å². The van der Waals surface area contributed by atoms with Gasteiger partial charge in [-0.05, 0) is 38.6 Å². The minimum absolute atomic E-state index is 0.201. The van der Waals surface area contributed by atoms with Gasteiger partial charge in [0.25, 0.3) is 0 Å². The monoisotopic (exact) mass is 702 g/mol. The Hall–Kier alpha value is -4.93. The minimum atomic E-state index is -1.56. The fraction of sp³-hybridized carbons (Fsp3) is 0.667. The average molecular weight is 703 g/mol. The number of aliphatic hydroxyl groups is 2. The van der Waals surface area contributed by atoms with Crippen LogP contribution in [-0.4, -0.2) is 157 Å². The predicted molar refractivity (Wildman–Crippen MR) is 166 cm³/mol. The van der Waals surface area contributed by atoms with Crippen LogP contribution in [0.1, 0.15) is 32.1 Å². The number of aliphatic hydroxyl groups excluding tert-OH is 2. The maximum Gasteiger partial charge on any atom is 0.322 e. The van der Waals surface area contributed by atoms with E-state index >= 15 is 0 Å². The van der Waals surface area contributed by atoms with Crippen LogP contribution in [0.25, 0.3) is 0 Å². The molecule has 0 spiro atoms. The summed E-state index contributed by atoms with van der Waals surface area (Å²) < 4.78 is 0. The van der Waals surface area contributed by atoms with Crippen molar-refractivity contribution in [2.45, 2.75) is 56.3 Å². The number of amides is 8. The summed E-state index contributed by atoms with van der Waals surface area (Å²) in [6.07, 6.45) is 2.24. The first-order chi connectivity index (χ1) is 23.3. The molecule has 276 valence electrons. The Morgan fingerprint density at radius 1 is 0.673 bits per heavy atom. The van der Waals surface area contributed by atoms with Gasteiger partial charge in [-0.25, -0.2) is 0 Å². The van der Waals surface area contributed by atoms with Gasteiger partial charge in [0.2, 0.25) is 47.3 Å². The number of nitrogens with two attached hydrogens (primary N) is 2. The summed E-state index contributed by atoms with van der Waals surface area (Å²) in [7, 11) is 0. The van der Waals surface area contributed by atoms with E-state index in [0.717, 1.165) is 0 Å². The molecule has 0 aromatic rings. The van der Waals surface area contributed by atoms with Gasteiger partial charge >= 0.3 is 5.97 Å². The number of carbonyl (C=O) groups excluding carboxylic acids is 8. The molecule has 0 aromatic heterocycles. The van der Waals surface area contributed by atoms with Crippen LogP contribution in [0.3, 0.4) is 0 Å². The topological polar surface area (TPSA) is 354 Å². The molecular weight excluding hydrogens is 656 g/mol. The molecule has 22 nitrogen and oxygen atoms in total. The van der Waals surface area contributed by atoms with Gasteiger partial charge in [0.05, 0.1) is 39.4 Å². The van der Waals surface area contributed by atoms with Crippen LogP contribution in [0.5, 0.6) is 0 Å². The first-order valence-corrected chi connectivity index (χ1v) is 15.4. The Balaban J connectivity index is 2.56. The van der Waals surface area contributed by atoms with E-state index in [2.05, 4.69) is 31.9 Å². The van der Waals surface area contributed by atoms with Crippen molar-refractivity contribution in [1.29, 1.82) is 0 Å². The lowest BCUT2D eigenvalue weighted by molar-refractivity contribution is -0.138. The van der Waals surface area contributed by atoms with Crippen molar-refractivity contribution >= 4 is 53.2 Å². The number of carbonyl (C=O) groups is 9. The Morgan fingerprint density at radius 2 is 1.18 bits per heavy atom. The number of unbranched alkanes of at least 4 members (excludes halogenated alkanes) is 1. The lowest BCUT2D eigenvalue weighted by Crippen LogP contribution is -2.55. The van der Waals surface area contributed by atoms with Crippen LogP contribution in [-0.2, 0) is 43.2 Å². The summed E-state index contributed by atoms with van der Waals surface area (Å²) in [5.74, 6) is -7.68. The van der Waals surface area contributed by atoms with E-state index in [4.69, 9.17) is 16.6 Å². The van der Waals surface area contributed by atoms with E-state index in [1.165, 1.54) is 4.90 Å². The van der Waals surface area contributed by atoms with Gasteiger partial charge in [-0.3, -0.25) is 43.2 Å². The molecule has 49 heavy (non-hydrogen) atoms. The lowest BCUT2D eigenvalue weighted by Gasteiger charge is -2.26. The second kappa shape index (κ2) is 22.6. The summed E-state index contributed by atoms with van der Waals surface area (Å²) in [5.41, 5.74) is 11.0. The molecule has 0 aromatic carbocycles. The van der Waals surface area contributed by atoms with Crippen LogP contribution < -0.4 is 48.7 Å². The van der Waals surface area contributed by atoms with E-state index in [1.54, 1.807) is 0 Å². The maximum atomic E-state index is 12.9. The van der Waals surface area contributed by atoms with Crippen molar-refractivity contribution in [3.8, 4) is 0 Å². The fourth-order valence-corrected chi connectivity index (χ4v) is 4.47. The van der Waals surface area contributed by atoms with E-state index in [0.29, 0.717) is 38.8 Å². The molecule has 1 heterocycles. The second-order valence-electron chi connectivity index (χ2n) is 10.7. The fourth-order valence-electron chi connectivity index (χ4n) is 4.47. The van der Waals surface area contributed by atoms with Crippen LogP contribution in [0.4, 0.5) is 0 Å². The smallest absolute Gasteiger partial charge is 0.322 e. The lowest BCUT2D eigenvalue weighted by atomic mass is 10.1. The molecule has 0 bridgehead atoms. The standard InChI is InChI=1S/C27H46N10O12/c28-6-2-1-4-15(36-27(49)18-5-3-7-37(18)22(43)8-29)24(46)31-9-19(40)30-10-20(41)34-16(13-38)25(47)32-11-21(42)35-17(14-39)26(48)33-12-23(44)45/h15-18,38-39H,1-14,28-29H2,(H,30,40)(H,31,46)(H,32,47)(H,33,48)(H,34,41)(H,35,42)(H,36,49)(H,44,45)/t15-,16-,17-,18-/m0/s1. The molecule has 0 aliphatic carbocycles. The van der Waals surface area contributed by atoms with E-state index in [-0.39, 0.29) is 13.0 Å². The summed E-state index contributed by atoms with van der Waals surface area (Å²) in [5, 5.41) is 42.8. The number of rotatable bonds is 22. The molecule has 14 N–H and O–H groups in total. The molecule has 4 atom stereocenters. The highest BCUT2D eigenvalue weighted by Gasteiger charge is 2.35. The number of likely N-dealkylation sites (tertiary alicyclic amines) is 1. The third-order valence-electron chi connectivity index (χ3n) is 7.01. The highest BCUT2D eigenvalue weighted by Crippen LogP contribution is 2.18. The van der Waals surface area contributed by atoms with Crippen molar-refractivity contribution in [2.24, 2.45) is 11.5 Å². The number of nitrogens with zero attached hydrogens (tertiary/aromatic N) is 1. The number of carboxylic acids is 1. The van der Waals surface area contributed by atoms with Crippen LogP contribution in [0.2, 0.25) is 0 Å². The third kappa shape index (κ3) is 15.7. The predicted octanol–water partition coefficient (Wildman–Crippen LogP) is -7.95. The summed E-state index contributed by atoms with van der Waals surface area (Å²) in [4.78, 5) is 111. The molecule has 1 saturated heterocycles. The zero-order valence-electron chi connectivity index (χ0n) is 26.8. The summed E-state index contributed by atoms with van der Waals surface area (Å²) in [6, 6.07) is -4.89. The zero-order valence-corrected chi connectivity index (χ0v) is 26.8. The van der Waals surface area contributed by atoms with Crippen LogP contribution in [0, 0.1) is 0 Å². The average Bonchev–Trinajstić information content (AvgIpc) is 3.58. The molecule has 1 aliphatic rings. The maximum absolute atomic E-state index is 12.9. The molecule has 0 unspecified atom stereocenters. The molecular formula is C27H46N10O12. The largest absolute Gasteiger partial charge is 0.480 e. The number of hydrogen-bond acceptors (Lipinski definition) is 13. The van der Waals surface area contributed by atoms with Crippen LogP contribution >= 0.6 is 0 Å². The van der Waals surface area contributed by atoms with E-state index in [9.17, 15) is 53.4 Å². The Bertz CT molecular complexity index is 1200. The van der Waals surface area contributed by atoms with Crippen molar-refractivity contribution in [2.75, 3.05) is 59.0 Å². The van der Waals surface area contributed by atoms with Crippen molar-refractivity contribution in [3.63, 3.8) is 0 Å².